The number of rotatable bonds is 5. The number of nitrogens with zero attached hydrogens (tertiary/aromatic N) is 2. The first-order chi connectivity index (χ1) is 34.3. The highest BCUT2D eigenvalue weighted by Gasteiger charge is 2.66. The Labute approximate surface area is 422 Å². The lowest BCUT2D eigenvalue weighted by Gasteiger charge is -2.65. The lowest BCUT2D eigenvalue weighted by molar-refractivity contribution is 0.0142. The van der Waals surface area contributed by atoms with Crippen molar-refractivity contribution in [2.45, 2.75) is 90.9 Å². The van der Waals surface area contributed by atoms with Crippen LogP contribution in [0.25, 0.3) is 22.3 Å². The van der Waals surface area contributed by atoms with Gasteiger partial charge in [-0.2, -0.15) is 0 Å². The third-order valence-corrected chi connectivity index (χ3v) is 18.1. The van der Waals surface area contributed by atoms with Gasteiger partial charge < -0.3 is 9.80 Å². The predicted octanol–water partition coefficient (Wildman–Crippen LogP) is 15.4. The molecule has 14 rings (SSSR count). The molecule has 5 atom stereocenters. The van der Waals surface area contributed by atoms with E-state index in [4.69, 9.17) is 0 Å². The largest absolute Gasteiger partial charge is 0.311 e. The van der Waals surface area contributed by atoms with Crippen molar-refractivity contribution in [2.75, 3.05) is 9.80 Å². The van der Waals surface area contributed by atoms with Crippen molar-refractivity contribution < 1.29 is 0 Å². The first-order valence-corrected chi connectivity index (χ1v) is 26.5. The third-order valence-electron chi connectivity index (χ3n) is 18.1. The van der Waals surface area contributed by atoms with Crippen molar-refractivity contribution in [3.05, 3.63) is 220 Å². The molecule has 2 fully saturated rings. The topological polar surface area (TPSA) is 6.48 Å². The highest BCUT2D eigenvalue weighted by Crippen LogP contribution is 2.73. The zero-order valence-electron chi connectivity index (χ0n) is 42.6. The van der Waals surface area contributed by atoms with Gasteiger partial charge in [-0.15, -0.1) is 0 Å². The van der Waals surface area contributed by atoms with E-state index < -0.39 is 0 Å². The van der Waals surface area contributed by atoms with Crippen LogP contribution in [0.5, 0.6) is 0 Å². The molecule has 5 unspecified atom stereocenters. The second-order valence-corrected chi connectivity index (χ2v) is 24.2. The van der Waals surface area contributed by atoms with Crippen molar-refractivity contribution in [3.63, 3.8) is 0 Å². The highest BCUT2D eigenvalue weighted by atomic mass is 15.2. The minimum atomic E-state index is -0.122. The maximum atomic E-state index is 2.76. The number of allylic oxidation sites excluding steroid dienone is 2. The number of hydrogen-bond acceptors (Lipinski definition) is 2. The minimum absolute atomic E-state index is 0.0170. The van der Waals surface area contributed by atoms with E-state index in [0.717, 1.165) is 12.3 Å². The molecule has 2 nitrogen and oxygen atoms in total. The molecule has 4 aliphatic carbocycles. The van der Waals surface area contributed by atoms with E-state index in [1.165, 1.54) is 113 Å². The summed E-state index contributed by atoms with van der Waals surface area (Å²) in [6.45, 7) is 19.4. The molecule has 3 heteroatoms. The van der Waals surface area contributed by atoms with Gasteiger partial charge in [0.2, 0.25) is 0 Å². The molecule has 0 amide bonds. The van der Waals surface area contributed by atoms with Gasteiger partial charge in [0.1, 0.15) is 0 Å². The van der Waals surface area contributed by atoms with Gasteiger partial charge in [0.25, 0.3) is 6.71 Å². The molecule has 8 aromatic rings. The molecule has 71 heavy (non-hydrogen) atoms. The van der Waals surface area contributed by atoms with Gasteiger partial charge in [0.05, 0.1) is 5.69 Å². The van der Waals surface area contributed by atoms with Gasteiger partial charge in [-0.25, -0.2) is 0 Å². The van der Waals surface area contributed by atoms with Gasteiger partial charge in [-0.3, -0.25) is 0 Å². The Morgan fingerprint density at radius 3 is 2.00 bits per heavy atom. The Balaban J connectivity index is 1.12. The zero-order valence-corrected chi connectivity index (χ0v) is 42.6. The fourth-order valence-corrected chi connectivity index (χ4v) is 15.0. The quantitative estimate of drug-likeness (QED) is 0.125. The van der Waals surface area contributed by atoms with E-state index >= 15 is 0 Å². The van der Waals surface area contributed by atoms with Crippen LogP contribution >= 0.6 is 0 Å². The van der Waals surface area contributed by atoms with Crippen molar-refractivity contribution in [3.8, 4) is 22.3 Å². The van der Waals surface area contributed by atoms with E-state index in [2.05, 4.69) is 241 Å². The molecule has 8 aromatic carbocycles. The summed E-state index contributed by atoms with van der Waals surface area (Å²) in [5.41, 5.74) is 28.6. The highest BCUT2D eigenvalue weighted by molar-refractivity contribution is 7.00. The Morgan fingerprint density at radius 1 is 0.606 bits per heavy atom. The molecule has 348 valence electrons. The normalized spacial score (nSPS) is 21.8. The first-order valence-electron chi connectivity index (χ1n) is 26.5. The summed E-state index contributed by atoms with van der Waals surface area (Å²) in [6.07, 6.45) is 6.22. The Morgan fingerprint density at radius 2 is 1.28 bits per heavy atom. The minimum Gasteiger partial charge on any atom is -0.311 e. The lowest BCUT2D eigenvalue weighted by Crippen LogP contribution is -2.62. The number of para-hydroxylation sites is 1. The molecule has 2 aliphatic heterocycles. The van der Waals surface area contributed by atoms with Crippen molar-refractivity contribution in [1.82, 2.24) is 0 Å². The van der Waals surface area contributed by atoms with Gasteiger partial charge in [-0.05, 0) is 164 Å². The van der Waals surface area contributed by atoms with Crippen LogP contribution in [0.1, 0.15) is 100 Å². The van der Waals surface area contributed by atoms with Crippen LogP contribution in [0.3, 0.4) is 0 Å². The van der Waals surface area contributed by atoms with Gasteiger partial charge >= 0.3 is 0 Å². The average Bonchev–Trinajstić information content (AvgIpc) is 3.66. The van der Waals surface area contributed by atoms with Gasteiger partial charge in [0, 0.05) is 45.0 Å². The Hall–Kier alpha value is -6.84. The molecule has 2 heterocycles. The average molecular weight is 919 g/mol. The van der Waals surface area contributed by atoms with Crippen molar-refractivity contribution >= 4 is 57.2 Å². The van der Waals surface area contributed by atoms with Crippen LogP contribution in [-0.2, 0) is 22.7 Å². The number of fused-ring (bicyclic) bond motifs is 11. The summed E-state index contributed by atoms with van der Waals surface area (Å²) in [6, 6.07) is 65.7. The predicted molar refractivity (Wildman–Crippen MR) is 300 cm³/mol. The van der Waals surface area contributed by atoms with Crippen LogP contribution in [0.4, 0.5) is 34.1 Å². The second-order valence-electron chi connectivity index (χ2n) is 24.2. The van der Waals surface area contributed by atoms with Crippen LogP contribution in [-0.4, -0.2) is 6.71 Å². The molecule has 0 bridgehead atoms. The zero-order chi connectivity index (χ0) is 48.3. The van der Waals surface area contributed by atoms with Crippen molar-refractivity contribution in [1.29, 1.82) is 0 Å². The standard InChI is InChI=1S/C68H63BN2/c1-41-33-59-64-60(34-41)71(57-26-18-16-23-50(57)45-21-13-10-14-22-45)58-32-27-44(36-43-19-11-9-12-20-43)37-55(58)69(64)56-40-54(67(6,7)8)63-62(65(56)70(59)49-30-28-48(29-31-49)66(3,4)5)51-24-15-17-25-52(51)68(63)42(2)35-46-38-47-39-53(68)61(46)47/h9-34,37,39-40,42,46,53,61H,35-36,38H2,1-8H3. The summed E-state index contributed by atoms with van der Waals surface area (Å²) in [5, 5.41) is 0. The lowest BCUT2D eigenvalue weighted by atomic mass is 9.32. The molecular weight excluding hydrogens is 856 g/mol. The van der Waals surface area contributed by atoms with E-state index in [9.17, 15) is 0 Å². The van der Waals surface area contributed by atoms with E-state index in [1.54, 1.807) is 16.7 Å². The molecular formula is C68H63BN2. The second kappa shape index (κ2) is 15.1. The molecule has 0 radical (unpaired) electrons. The summed E-state index contributed by atoms with van der Waals surface area (Å²) < 4.78 is 0. The maximum Gasteiger partial charge on any atom is 0.252 e. The Bertz CT molecular complexity index is 3530. The van der Waals surface area contributed by atoms with E-state index in [-0.39, 0.29) is 23.0 Å². The monoisotopic (exact) mass is 919 g/mol. The Kier molecular flexibility index (Phi) is 9.14. The molecule has 1 spiro atoms. The number of hydrogen-bond donors (Lipinski definition) is 0. The van der Waals surface area contributed by atoms with Crippen molar-refractivity contribution in [2.24, 2.45) is 23.7 Å². The van der Waals surface area contributed by atoms with Gasteiger partial charge in [-0.1, -0.05) is 194 Å². The maximum absolute atomic E-state index is 2.76. The fraction of sp³-hybridized carbons (Fsp3) is 0.265. The first kappa shape index (κ1) is 43.0. The number of aryl methyl sites for hydroxylation is 1. The summed E-state index contributed by atoms with van der Waals surface area (Å²) in [7, 11) is 0. The summed E-state index contributed by atoms with van der Waals surface area (Å²) in [4.78, 5) is 5.37. The SMILES string of the molecule is Cc1cc2c3c(c1)N(c1ccc(C(C)(C)C)cc1)c1c(cc(C(C)(C)C)c4c1-c1ccccc1C41C(C)CC4CC5=CC1C54)B3c1cc(Cc3ccccc3)ccc1N2c1ccccc1-c1ccccc1. The molecule has 6 aliphatic rings. The van der Waals surface area contributed by atoms with Crippen LogP contribution in [0.2, 0.25) is 0 Å². The molecule has 0 N–H and O–H groups in total. The summed E-state index contributed by atoms with van der Waals surface area (Å²) in [5.74, 6) is 2.54. The molecule has 0 saturated heterocycles. The smallest absolute Gasteiger partial charge is 0.252 e. The van der Waals surface area contributed by atoms with Crippen LogP contribution < -0.4 is 26.2 Å². The molecule has 2 saturated carbocycles. The van der Waals surface area contributed by atoms with Crippen LogP contribution in [0, 0.1) is 30.6 Å². The van der Waals surface area contributed by atoms with E-state index in [1.807, 2.05) is 0 Å². The number of anilines is 6. The van der Waals surface area contributed by atoms with Crippen LogP contribution in [0.15, 0.2) is 182 Å². The molecule has 0 aromatic heterocycles. The van der Waals surface area contributed by atoms with Gasteiger partial charge in [0.15, 0.2) is 0 Å². The number of benzene rings is 8. The fourth-order valence-electron chi connectivity index (χ4n) is 15.0. The summed E-state index contributed by atoms with van der Waals surface area (Å²) >= 11 is 0. The third kappa shape index (κ3) is 6.02. The van der Waals surface area contributed by atoms with E-state index in [0.29, 0.717) is 17.8 Å².